The molecule has 160 valence electrons. The molecule has 0 aromatic rings. The number of nitrogens with zero attached hydrogens (tertiary/aromatic N) is 2. The fraction of sp³-hybridized carbons (Fsp3) is 0.889. The van der Waals surface area contributed by atoms with Gasteiger partial charge in [-0.3, -0.25) is 9.79 Å². The zero-order valence-corrected chi connectivity index (χ0v) is 20.7. The van der Waals surface area contributed by atoms with Gasteiger partial charge in [-0.2, -0.15) is 0 Å². The Morgan fingerprint density at radius 1 is 1.22 bits per heavy atom. The summed E-state index contributed by atoms with van der Waals surface area (Å²) in [5.74, 6) is 0.916. The van der Waals surface area contributed by atoms with Crippen LogP contribution in [0.5, 0.6) is 0 Å². The first-order chi connectivity index (χ1) is 12.0. The van der Waals surface area contributed by atoms with Crippen molar-refractivity contribution in [2.45, 2.75) is 65.2 Å². The van der Waals surface area contributed by atoms with E-state index in [9.17, 15) is 13.2 Å². The lowest BCUT2D eigenvalue weighted by Crippen LogP contribution is -2.50. The molecule has 1 saturated heterocycles. The van der Waals surface area contributed by atoms with Gasteiger partial charge in [-0.05, 0) is 40.5 Å². The number of sulfone groups is 1. The summed E-state index contributed by atoms with van der Waals surface area (Å²) in [4.78, 5) is 18.4. The van der Waals surface area contributed by atoms with Crippen molar-refractivity contribution in [2.24, 2.45) is 10.9 Å². The highest BCUT2D eigenvalue weighted by atomic mass is 127. The molecule has 1 amide bonds. The molecule has 0 bridgehead atoms. The number of aliphatic imine (C=N–C) groups is 1. The molecule has 1 aliphatic rings. The zero-order valence-electron chi connectivity index (χ0n) is 17.5. The molecule has 2 N–H and O–H groups in total. The molecule has 0 saturated carbocycles. The van der Waals surface area contributed by atoms with Crippen molar-refractivity contribution in [1.29, 1.82) is 0 Å². The number of carbonyl (C=O) groups is 1. The van der Waals surface area contributed by atoms with E-state index in [2.05, 4.69) is 15.6 Å². The zero-order chi connectivity index (χ0) is 20.0. The van der Waals surface area contributed by atoms with Gasteiger partial charge in [0.25, 0.3) is 0 Å². The Kier molecular flexibility index (Phi) is 11.2. The first-order valence-electron chi connectivity index (χ1n) is 9.54. The average Bonchev–Trinajstić information content (AvgIpc) is 2.53. The van der Waals surface area contributed by atoms with Gasteiger partial charge in [0, 0.05) is 31.6 Å². The Balaban J connectivity index is 0.00000676. The number of hydrogen-bond donors (Lipinski definition) is 2. The van der Waals surface area contributed by atoms with Crippen LogP contribution in [-0.2, 0) is 14.6 Å². The molecule has 7 nitrogen and oxygen atoms in total. The normalized spacial score (nSPS) is 16.9. The van der Waals surface area contributed by atoms with E-state index in [4.69, 9.17) is 0 Å². The van der Waals surface area contributed by atoms with Crippen LogP contribution in [0.15, 0.2) is 4.99 Å². The molecule has 9 heteroatoms. The van der Waals surface area contributed by atoms with Crippen LogP contribution in [0, 0.1) is 5.92 Å². The summed E-state index contributed by atoms with van der Waals surface area (Å²) in [7, 11) is -3.17. The minimum absolute atomic E-state index is 0. The van der Waals surface area contributed by atoms with E-state index in [1.807, 2.05) is 25.7 Å². The molecule has 0 atom stereocenters. The quantitative estimate of drug-likeness (QED) is 0.320. The fourth-order valence-corrected chi connectivity index (χ4v) is 3.65. The molecule has 0 radical (unpaired) electrons. The Bertz CT molecular complexity index is 592. The van der Waals surface area contributed by atoms with E-state index in [0.29, 0.717) is 12.5 Å². The number of halogens is 1. The summed E-state index contributed by atoms with van der Waals surface area (Å²) in [6.45, 7) is 13.4. The van der Waals surface area contributed by atoms with Crippen molar-refractivity contribution in [3.8, 4) is 0 Å². The van der Waals surface area contributed by atoms with Gasteiger partial charge in [0.15, 0.2) is 15.8 Å². The monoisotopic (exact) mass is 516 g/mol. The van der Waals surface area contributed by atoms with Crippen LogP contribution >= 0.6 is 24.0 Å². The molecule has 27 heavy (non-hydrogen) atoms. The van der Waals surface area contributed by atoms with Crippen molar-refractivity contribution in [2.75, 3.05) is 31.9 Å². The van der Waals surface area contributed by atoms with Gasteiger partial charge in [-0.15, -0.1) is 24.0 Å². The molecule has 0 aromatic carbocycles. The molecule has 0 spiro atoms. The summed E-state index contributed by atoms with van der Waals surface area (Å²) < 4.78 is 23.6. The van der Waals surface area contributed by atoms with Gasteiger partial charge in [0.1, 0.15) is 0 Å². The largest absolute Gasteiger partial charge is 0.357 e. The number of carbonyl (C=O) groups excluding carboxylic acids is 1. The van der Waals surface area contributed by atoms with Crippen LogP contribution in [-0.4, -0.2) is 67.9 Å². The van der Waals surface area contributed by atoms with Crippen LogP contribution in [0.4, 0.5) is 0 Å². The fourth-order valence-electron chi connectivity index (χ4n) is 2.71. The van der Waals surface area contributed by atoms with Crippen molar-refractivity contribution in [1.82, 2.24) is 15.5 Å². The minimum Gasteiger partial charge on any atom is -0.357 e. The third-order valence-corrected chi connectivity index (χ3v) is 7.13. The maximum Gasteiger partial charge on any atom is 0.225 e. The summed E-state index contributed by atoms with van der Waals surface area (Å²) in [6.07, 6.45) is 1.73. The first-order valence-corrected chi connectivity index (χ1v) is 11.2. The highest BCUT2D eigenvalue weighted by molar-refractivity contribution is 14.0. The van der Waals surface area contributed by atoms with Crippen molar-refractivity contribution < 1.29 is 13.2 Å². The van der Waals surface area contributed by atoms with Gasteiger partial charge < -0.3 is 15.5 Å². The molecular formula is C18H37IN4O3S. The van der Waals surface area contributed by atoms with Crippen LogP contribution in [0.1, 0.15) is 54.4 Å². The lowest BCUT2D eigenvalue weighted by atomic mass is 10.0. The van der Waals surface area contributed by atoms with Crippen molar-refractivity contribution >= 4 is 45.7 Å². The molecule has 1 rings (SSSR count). The lowest BCUT2D eigenvalue weighted by Gasteiger charge is -2.34. The summed E-state index contributed by atoms with van der Waals surface area (Å²) in [5, 5.41) is 6.55. The molecule has 1 aliphatic heterocycles. The summed E-state index contributed by atoms with van der Waals surface area (Å²) >= 11 is 0. The number of likely N-dealkylation sites (tertiary alicyclic amines) is 1. The molecule has 0 aliphatic carbocycles. The smallest absolute Gasteiger partial charge is 0.225 e. The second kappa shape index (κ2) is 11.4. The van der Waals surface area contributed by atoms with E-state index >= 15 is 0 Å². The molecule has 1 fully saturated rings. The maximum absolute atomic E-state index is 12.2. The highest BCUT2D eigenvalue weighted by Crippen LogP contribution is 2.16. The van der Waals surface area contributed by atoms with Crippen LogP contribution in [0.3, 0.4) is 0 Å². The average molecular weight is 516 g/mol. The van der Waals surface area contributed by atoms with E-state index in [1.54, 1.807) is 20.8 Å². The number of nitrogens with one attached hydrogen (secondary N) is 2. The van der Waals surface area contributed by atoms with Gasteiger partial charge in [-0.25, -0.2) is 8.42 Å². The Morgan fingerprint density at radius 3 is 2.22 bits per heavy atom. The molecule has 0 unspecified atom stereocenters. The Hall–Kier alpha value is -0.580. The Labute approximate surface area is 182 Å². The maximum atomic E-state index is 12.2. The summed E-state index contributed by atoms with van der Waals surface area (Å²) in [6, 6.07) is 0.239. The van der Waals surface area contributed by atoms with Crippen LogP contribution in [0.25, 0.3) is 0 Å². The van der Waals surface area contributed by atoms with Gasteiger partial charge in [-0.1, -0.05) is 13.8 Å². The van der Waals surface area contributed by atoms with Gasteiger partial charge in [0.2, 0.25) is 5.91 Å². The predicted octanol–water partition coefficient (Wildman–Crippen LogP) is 2.02. The lowest BCUT2D eigenvalue weighted by molar-refractivity contribution is -0.135. The van der Waals surface area contributed by atoms with E-state index in [-0.39, 0.29) is 54.1 Å². The molecule has 1 heterocycles. The van der Waals surface area contributed by atoms with E-state index < -0.39 is 14.6 Å². The topological polar surface area (TPSA) is 90.9 Å². The van der Waals surface area contributed by atoms with E-state index in [0.717, 1.165) is 25.9 Å². The Morgan fingerprint density at radius 2 is 1.78 bits per heavy atom. The van der Waals surface area contributed by atoms with Gasteiger partial charge in [0.05, 0.1) is 17.0 Å². The van der Waals surface area contributed by atoms with E-state index in [1.165, 1.54) is 0 Å². The standard InChI is InChI=1S/C18H36N4O3S.HI/c1-7-19-17(20-10-13-26(24,25)18(4,5)6)21-15-8-11-22(12-9-15)16(23)14(2)3;/h14-15H,7-13H2,1-6H3,(H2,19,20,21);1H. The van der Waals surface area contributed by atoms with Crippen molar-refractivity contribution in [3.63, 3.8) is 0 Å². The highest BCUT2D eigenvalue weighted by Gasteiger charge is 2.28. The number of hydrogen-bond acceptors (Lipinski definition) is 4. The minimum atomic E-state index is -3.17. The predicted molar refractivity (Wildman–Crippen MR) is 123 cm³/mol. The van der Waals surface area contributed by atoms with Crippen LogP contribution < -0.4 is 10.6 Å². The number of guanidine groups is 1. The second-order valence-electron chi connectivity index (χ2n) is 8.09. The second-order valence-corrected chi connectivity index (χ2v) is 11.0. The molecular weight excluding hydrogens is 479 g/mol. The van der Waals surface area contributed by atoms with Crippen LogP contribution in [0.2, 0.25) is 0 Å². The number of rotatable bonds is 6. The number of piperidine rings is 1. The number of amides is 1. The first kappa shape index (κ1) is 26.4. The SMILES string of the molecule is CCNC(=NCCS(=O)(=O)C(C)(C)C)NC1CCN(C(=O)C(C)C)CC1.I. The third kappa shape index (κ3) is 8.53. The van der Waals surface area contributed by atoms with Crippen molar-refractivity contribution in [3.05, 3.63) is 0 Å². The third-order valence-electron chi connectivity index (χ3n) is 4.55. The van der Waals surface area contributed by atoms with Gasteiger partial charge >= 0.3 is 0 Å². The summed E-state index contributed by atoms with van der Waals surface area (Å²) in [5.41, 5.74) is 0. The molecule has 0 aromatic heterocycles.